The first-order chi connectivity index (χ1) is 10.7. The highest BCUT2D eigenvalue weighted by Gasteiger charge is 2.33. The fourth-order valence-corrected chi connectivity index (χ4v) is 3.95. The summed E-state index contributed by atoms with van der Waals surface area (Å²) < 4.78 is 0. The van der Waals surface area contributed by atoms with Gasteiger partial charge in [-0.05, 0) is 44.2 Å². The van der Waals surface area contributed by atoms with E-state index >= 15 is 0 Å². The topological polar surface area (TPSA) is 48.1 Å². The van der Waals surface area contributed by atoms with Crippen molar-refractivity contribution < 1.29 is 4.79 Å². The number of H-pyrrole nitrogens is 1. The second-order valence-corrected chi connectivity index (χ2v) is 6.59. The number of piperidine rings is 1. The number of carbonyl (C=O) groups excluding carboxylic acids is 1. The van der Waals surface area contributed by atoms with Gasteiger partial charge in [0.25, 0.3) is 0 Å². The Morgan fingerprint density at radius 2 is 1.95 bits per heavy atom. The van der Waals surface area contributed by atoms with Gasteiger partial charge in [-0.1, -0.05) is 18.2 Å². The molecule has 4 nitrogen and oxygen atoms in total. The van der Waals surface area contributed by atoms with Crippen LogP contribution < -0.4 is 5.32 Å². The lowest BCUT2D eigenvalue weighted by molar-refractivity contribution is -0.134. The molecule has 22 heavy (non-hydrogen) atoms. The molecule has 0 radical (unpaired) electrons. The van der Waals surface area contributed by atoms with E-state index in [9.17, 15) is 4.79 Å². The van der Waals surface area contributed by atoms with Crippen LogP contribution in [-0.4, -0.2) is 34.9 Å². The molecule has 2 unspecified atom stereocenters. The molecule has 4 heteroatoms. The number of aromatic amines is 1. The average Bonchev–Trinajstić information content (AvgIpc) is 2.94. The first kappa shape index (κ1) is 13.8. The maximum absolute atomic E-state index is 12.8. The number of carbonyl (C=O) groups is 1. The largest absolute Gasteiger partial charge is 0.357 e. The van der Waals surface area contributed by atoms with E-state index in [4.69, 9.17) is 0 Å². The number of nitrogens with one attached hydrogen (secondary N) is 2. The number of nitrogens with zero attached hydrogens (tertiary/aromatic N) is 1. The van der Waals surface area contributed by atoms with E-state index in [2.05, 4.69) is 41.5 Å². The normalized spacial score (nSPS) is 25.2. The number of aromatic nitrogens is 1. The lowest BCUT2D eigenvalue weighted by Crippen LogP contribution is -2.51. The Morgan fingerprint density at radius 3 is 2.77 bits per heavy atom. The molecule has 0 spiro atoms. The van der Waals surface area contributed by atoms with E-state index in [-0.39, 0.29) is 18.0 Å². The molecule has 1 saturated heterocycles. The van der Waals surface area contributed by atoms with Gasteiger partial charge in [0.1, 0.15) is 0 Å². The van der Waals surface area contributed by atoms with E-state index < -0.39 is 0 Å². The van der Waals surface area contributed by atoms with Gasteiger partial charge < -0.3 is 9.88 Å². The second-order valence-electron chi connectivity index (χ2n) is 6.59. The monoisotopic (exact) mass is 297 g/mol. The van der Waals surface area contributed by atoms with Crippen LogP contribution in [0.5, 0.6) is 0 Å². The first-order valence-corrected chi connectivity index (χ1v) is 8.38. The highest BCUT2D eigenvalue weighted by molar-refractivity contribution is 5.88. The minimum atomic E-state index is -0.0835. The molecule has 2 N–H and O–H groups in total. The summed E-state index contributed by atoms with van der Waals surface area (Å²) in [6, 6.07) is 8.51. The summed E-state index contributed by atoms with van der Waals surface area (Å²) in [6.45, 7) is 3.99. The minimum Gasteiger partial charge on any atom is -0.357 e. The van der Waals surface area contributed by atoms with Crippen molar-refractivity contribution in [3.8, 4) is 0 Å². The van der Waals surface area contributed by atoms with Gasteiger partial charge in [0.05, 0.1) is 6.04 Å². The van der Waals surface area contributed by atoms with Crippen molar-refractivity contribution in [3.63, 3.8) is 0 Å². The molecule has 1 aromatic carbocycles. The van der Waals surface area contributed by atoms with Gasteiger partial charge >= 0.3 is 0 Å². The zero-order chi connectivity index (χ0) is 15.1. The van der Waals surface area contributed by atoms with Gasteiger partial charge in [-0.15, -0.1) is 0 Å². The number of fused-ring (bicyclic) bond motifs is 3. The Bertz CT molecular complexity index is 699. The molecule has 0 bridgehead atoms. The third-order valence-corrected chi connectivity index (χ3v) is 5.10. The maximum atomic E-state index is 12.8. The number of benzene rings is 1. The van der Waals surface area contributed by atoms with Crippen LogP contribution in [-0.2, 0) is 11.2 Å². The van der Waals surface area contributed by atoms with Gasteiger partial charge in [0.2, 0.25) is 5.91 Å². The summed E-state index contributed by atoms with van der Waals surface area (Å²) in [7, 11) is 0. The average molecular weight is 297 g/mol. The molecule has 2 aliphatic heterocycles. The van der Waals surface area contributed by atoms with Crippen molar-refractivity contribution in [1.82, 2.24) is 15.2 Å². The summed E-state index contributed by atoms with van der Waals surface area (Å²) in [5.41, 5.74) is 3.73. The van der Waals surface area contributed by atoms with Crippen LogP contribution in [0.3, 0.4) is 0 Å². The maximum Gasteiger partial charge on any atom is 0.240 e. The van der Waals surface area contributed by atoms with Crippen LogP contribution in [0.4, 0.5) is 0 Å². The lowest BCUT2D eigenvalue weighted by Gasteiger charge is -2.34. The first-order valence-electron chi connectivity index (χ1n) is 8.38. The lowest BCUT2D eigenvalue weighted by atomic mass is 9.93. The molecule has 0 aliphatic carbocycles. The summed E-state index contributed by atoms with van der Waals surface area (Å²) in [4.78, 5) is 18.4. The van der Waals surface area contributed by atoms with Crippen molar-refractivity contribution in [1.29, 1.82) is 0 Å². The highest BCUT2D eigenvalue weighted by Crippen LogP contribution is 2.32. The molecule has 1 amide bonds. The van der Waals surface area contributed by atoms with Crippen LogP contribution in [0, 0.1) is 0 Å². The Balaban J connectivity index is 1.64. The van der Waals surface area contributed by atoms with Gasteiger partial charge in [0, 0.05) is 35.7 Å². The van der Waals surface area contributed by atoms with E-state index in [1.807, 2.05) is 4.90 Å². The van der Waals surface area contributed by atoms with E-state index in [0.29, 0.717) is 0 Å². The second kappa shape index (κ2) is 5.43. The van der Waals surface area contributed by atoms with Gasteiger partial charge in [-0.25, -0.2) is 0 Å². The van der Waals surface area contributed by atoms with Crippen LogP contribution in [0.25, 0.3) is 10.9 Å². The fourth-order valence-electron chi connectivity index (χ4n) is 3.95. The Morgan fingerprint density at radius 1 is 1.18 bits per heavy atom. The quantitative estimate of drug-likeness (QED) is 0.850. The summed E-state index contributed by atoms with van der Waals surface area (Å²) >= 11 is 0. The SMILES string of the molecule is CC1NC(C(=O)N2CCCCC2)Cc2c1[nH]c1ccccc21. The third-order valence-electron chi connectivity index (χ3n) is 5.10. The van der Waals surface area contributed by atoms with E-state index in [0.717, 1.165) is 32.4 Å². The Labute approximate surface area is 130 Å². The van der Waals surface area contributed by atoms with E-state index in [1.54, 1.807) is 0 Å². The molecule has 0 saturated carbocycles. The predicted molar refractivity (Wildman–Crippen MR) is 87.8 cm³/mol. The molecular formula is C18H23N3O. The third kappa shape index (κ3) is 2.22. The molecule has 2 aliphatic rings. The van der Waals surface area contributed by atoms with Gasteiger partial charge in [-0.2, -0.15) is 0 Å². The van der Waals surface area contributed by atoms with E-state index in [1.165, 1.54) is 28.6 Å². The van der Waals surface area contributed by atoms with Crippen molar-refractivity contribution >= 4 is 16.8 Å². The van der Waals surface area contributed by atoms with Gasteiger partial charge in [0.15, 0.2) is 0 Å². The smallest absolute Gasteiger partial charge is 0.240 e. The van der Waals surface area contributed by atoms with Gasteiger partial charge in [-0.3, -0.25) is 10.1 Å². The number of hydrogen-bond donors (Lipinski definition) is 2. The predicted octanol–water partition coefficient (Wildman–Crippen LogP) is 2.76. The molecule has 1 aromatic heterocycles. The summed E-state index contributed by atoms with van der Waals surface area (Å²) in [5, 5.41) is 4.77. The summed E-state index contributed by atoms with van der Waals surface area (Å²) in [5.74, 6) is 0.280. The van der Waals surface area contributed by atoms with Crippen LogP contribution in [0.2, 0.25) is 0 Å². The molecular weight excluding hydrogens is 274 g/mol. The number of para-hydroxylation sites is 1. The minimum absolute atomic E-state index is 0.0835. The van der Waals surface area contributed by atoms with Crippen LogP contribution in [0.15, 0.2) is 24.3 Å². The Hall–Kier alpha value is -1.81. The zero-order valence-electron chi connectivity index (χ0n) is 13.1. The van der Waals surface area contributed by atoms with Crippen molar-refractivity contribution in [2.45, 2.75) is 44.7 Å². The number of amides is 1. The highest BCUT2D eigenvalue weighted by atomic mass is 16.2. The van der Waals surface area contributed by atoms with Crippen molar-refractivity contribution in [2.24, 2.45) is 0 Å². The molecule has 2 atom stereocenters. The fraction of sp³-hybridized carbons (Fsp3) is 0.500. The van der Waals surface area contributed by atoms with Crippen LogP contribution >= 0.6 is 0 Å². The number of hydrogen-bond acceptors (Lipinski definition) is 2. The number of likely N-dealkylation sites (tertiary alicyclic amines) is 1. The molecule has 116 valence electrons. The zero-order valence-corrected chi connectivity index (χ0v) is 13.1. The molecule has 2 aromatic rings. The van der Waals surface area contributed by atoms with Crippen molar-refractivity contribution in [2.75, 3.05) is 13.1 Å². The standard InChI is InChI=1S/C18H23N3O/c1-12-17-14(13-7-3-4-8-15(13)20-17)11-16(19-12)18(22)21-9-5-2-6-10-21/h3-4,7-8,12,16,19-20H,2,5-6,9-11H2,1H3. The molecule has 4 rings (SSSR count). The van der Waals surface area contributed by atoms with Crippen LogP contribution in [0.1, 0.15) is 43.5 Å². The summed E-state index contributed by atoms with van der Waals surface area (Å²) in [6.07, 6.45) is 4.34. The van der Waals surface area contributed by atoms with Crippen molar-refractivity contribution in [3.05, 3.63) is 35.5 Å². The molecule has 3 heterocycles. The Kier molecular flexibility index (Phi) is 3.41. The molecule has 1 fully saturated rings. The number of rotatable bonds is 1.